The highest BCUT2D eigenvalue weighted by atomic mass is 16.3. The standard InChI is InChI=1S/C18H25N3O2/c1-13(17-11-14-5-3-4-6-16(14)23-17)20(2)18(22)12-21-9-7-15(19)8-10-21/h3-6,11,13,15H,7-10,12,19H2,1-2H3. The SMILES string of the molecule is CC(c1cc2ccccc2o1)N(C)C(=O)CN1CCC(N)CC1. The van der Waals surface area contributed by atoms with Crippen molar-refractivity contribution in [1.29, 1.82) is 0 Å². The number of likely N-dealkylation sites (tertiary alicyclic amines) is 1. The molecule has 1 aliphatic rings. The van der Waals surface area contributed by atoms with E-state index in [1.165, 1.54) is 0 Å². The van der Waals surface area contributed by atoms with Crippen molar-refractivity contribution in [3.05, 3.63) is 36.1 Å². The van der Waals surface area contributed by atoms with E-state index >= 15 is 0 Å². The van der Waals surface area contributed by atoms with Crippen molar-refractivity contribution in [2.75, 3.05) is 26.7 Å². The van der Waals surface area contributed by atoms with E-state index in [4.69, 9.17) is 10.2 Å². The summed E-state index contributed by atoms with van der Waals surface area (Å²) in [6.45, 7) is 4.26. The molecule has 1 aromatic heterocycles. The Hall–Kier alpha value is -1.85. The van der Waals surface area contributed by atoms with Gasteiger partial charge in [0, 0.05) is 31.6 Å². The van der Waals surface area contributed by atoms with E-state index in [0.717, 1.165) is 42.7 Å². The van der Waals surface area contributed by atoms with Gasteiger partial charge in [-0.1, -0.05) is 18.2 Å². The van der Waals surface area contributed by atoms with Crippen LogP contribution in [0.1, 0.15) is 31.6 Å². The van der Waals surface area contributed by atoms with E-state index in [9.17, 15) is 4.79 Å². The van der Waals surface area contributed by atoms with Crippen molar-refractivity contribution in [2.24, 2.45) is 5.73 Å². The van der Waals surface area contributed by atoms with E-state index in [1.54, 1.807) is 4.90 Å². The van der Waals surface area contributed by atoms with Gasteiger partial charge >= 0.3 is 0 Å². The molecule has 1 atom stereocenters. The predicted octanol–water partition coefficient (Wildman–Crippen LogP) is 2.38. The normalized spacial score (nSPS) is 18.2. The van der Waals surface area contributed by atoms with E-state index in [-0.39, 0.29) is 18.0 Å². The van der Waals surface area contributed by atoms with Crippen LogP contribution >= 0.6 is 0 Å². The third-order valence-corrected chi connectivity index (χ3v) is 4.82. The molecular formula is C18H25N3O2. The van der Waals surface area contributed by atoms with Crippen LogP contribution in [-0.2, 0) is 4.79 Å². The van der Waals surface area contributed by atoms with Crippen LogP contribution in [0.15, 0.2) is 34.7 Å². The molecule has 5 nitrogen and oxygen atoms in total. The van der Waals surface area contributed by atoms with E-state index < -0.39 is 0 Å². The lowest BCUT2D eigenvalue weighted by Crippen LogP contribution is -2.45. The number of carbonyl (C=O) groups excluding carboxylic acids is 1. The summed E-state index contributed by atoms with van der Waals surface area (Å²) in [5, 5.41) is 1.07. The number of hydrogen-bond donors (Lipinski definition) is 1. The van der Waals surface area contributed by atoms with Crippen molar-refractivity contribution < 1.29 is 9.21 Å². The molecule has 23 heavy (non-hydrogen) atoms. The van der Waals surface area contributed by atoms with Gasteiger partial charge < -0.3 is 15.1 Å². The number of likely N-dealkylation sites (N-methyl/N-ethyl adjacent to an activating group) is 1. The Morgan fingerprint density at radius 1 is 1.39 bits per heavy atom. The zero-order chi connectivity index (χ0) is 16.4. The van der Waals surface area contributed by atoms with Gasteiger partial charge in [0.05, 0.1) is 12.6 Å². The first kappa shape index (κ1) is 16.0. The number of para-hydroxylation sites is 1. The minimum Gasteiger partial charge on any atom is -0.459 e. The third-order valence-electron chi connectivity index (χ3n) is 4.82. The number of fused-ring (bicyclic) bond motifs is 1. The molecule has 3 rings (SSSR count). The van der Waals surface area contributed by atoms with E-state index in [1.807, 2.05) is 44.3 Å². The van der Waals surface area contributed by atoms with Gasteiger partial charge in [-0.2, -0.15) is 0 Å². The molecule has 2 N–H and O–H groups in total. The van der Waals surface area contributed by atoms with E-state index in [0.29, 0.717) is 6.54 Å². The van der Waals surface area contributed by atoms with Crippen LogP contribution in [0.5, 0.6) is 0 Å². The van der Waals surface area contributed by atoms with Gasteiger partial charge in [-0.15, -0.1) is 0 Å². The Labute approximate surface area is 137 Å². The van der Waals surface area contributed by atoms with Crippen molar-refractivity contribution in [1.82, 2.24) is 9.80 Å². The third kappa shape index (κ3) is 3.57. The predicted molar refractivity (Wildman–Crippen MR) is 91.0 cm³/mol. The molecule has 0 spiro atoms. The number of amides is 1. The number of piperidine rings is 1. The molecule has 0 bridgehead atoms. The average Bonchev–Trinajstić information content (AvgIpc) is 2.99. The molecular weight excluding hydrogens is 290 g/mol. The fourth-order valence-corrected chi connectivity index (χ4v) is 3.03. The Bertz CT molecular complexity index is 641. The first-order chi connectivity index (χ1) is 11.0. The number of carbonyl (C=O) groups is 1. The lowest BCUT2D eigenvalue weighted by atomic mass is 10.1. The lowest BCUT2D eigenvalue weighted by Gasteiger charge is -2.32. The molecule has 1 fully saturated rings. The number of rotatable bonds is 4. The Balaban J connectivity index is 1.64. The van der Waals surface area contributed by atoms with Crippen LogP contribution in [0.4, 0.5) is 0 Å². The first-order valence-corrected chi connectivity index (χ1v) is 8.26. The first-order valence-electron chi connectivity index (χ1n) is 8.26. The van der Waals surface area contributed by atoms with Crippen LogP contribution in [0, 0.1) is 0 Å². The lowest BCUT2D eigenvalue weighted by molar-refractivity contribution is -0.133. The number of nitrogens with two attached hydrogens (primary N) is 1. The van der Waals surface area contributed by atoms with Crippen LogP contribution in [0.2, 0.25) is 0 Å². The zero-order valence-electron chi connectivity index (χ0n) is 13.9. The summed E-state index contributed by atoms with van der Waals surface area (Å²) in [7, 11) is 1.84. The molecule has 1 aliphatic heterocycles. The molecule has 0 radical (unpaired) electrons. The fraction of sp³-hybridized carbons (Fsp3) is 0.500. The van der Waals surface area contributed by atoms with Crippen LogP contribution < -0.4 is 5.73 Å². The van der Waals surface area contributed by atoms with Crippen LogP contribution in [-0.4, -0.2) is 48.4 Å². The fourth-order valence-electron chi connectivity index (χ4n) is 3.03. The van der Waals surface area contributed by atoms with Crippen molar-refractivity contribution in [3.8, 4) is 0 Å². The average molecular weight is 315 g/mol. The van der Waals surface area contributed by atoms with Gasteiger partial charge in [0.2, 0.25) is 5.91 Å². The smallest absolute Gasteiger partial charge is 0.237 e. The highest BCUT2D eigenvalue weighted by molar-refractivity contribution is 5.80. The van der Waals surface area contributed by atoms with Crippen molar-refractivity contribution in [3.63, 3.8) is 0 Å². The van der Waals surface area contributed by atoms with Crippen LogP contribution in [0.3, 0.4) is 0 Å². The minimum atomic E-state index is -0.0815. The quantitative estimate of drug-likeness (QED) is 0.941. The molecule has 2 aromatic rings. The monoisotopic (exact) mass is 315 g/mol. The maximum absolute atomic E-state index is 12.5. The summed E-state index contributed by atoms with van der Waals surface area (Å²) in [5.74, 6) is 0.941. The summed E-state index contributed by atoms with van der Waals surface area (Å²) < 4.78 is 5.88. The molecule has 2 heterocycles. The highest BCUT2D eigenvalue weighted by Gasteiger charge is 2.24. The maximum atomic E-state index is 12.5. The van der Waals surface area contributed by atoms with Gasteiger partial charge in [0.25, 0.3) is 0 Å². The number of furan rings is 1. The van der Waals surface area contributed by atoms with Gasteiger partial charge in [-0.05, 0) is 31.9 Å². The highest BCUT2D eigenvalue weighted by Crippen LogP contribution is 2.26. The number of benzene rings is 1. The Kier molecular flexibility index (Phi) is 4.68. The van der Waals surface area contributed by atoms with Gasteiger partial charge in [0.1, 0.15) is 11.3 Å². The molecule has 124 valence electrons. The Morgan fingerprint density at radius 3 is 2.78 bits per heavy atom. The second-order valence-corrected chi connectivity index (χ2v) is 6.48. The molecule has 1 aromatic carbocycles. The number of nitrogens with zero attached hydrogens (tertiary/aromatic N) is 2. The largest absolute Gasteiger partial charge is 0.459 e. The topological polar surface area (TPSA) is 62.7 Å². The summed E-state index contributed by atoms with van der Waals surface area (Å²) in [4.78, 5) is 16.5. The van der Waals surface area contributed by atoms with Crippen molar-refractivity contribution >= 4 is 16.9 Å². The van der Waals surface area contributed by atoms with Gasteiger partial charge in [-0.25, -0.2) is 0 Å². The summed E-state index contributed by atoms with van der Waals surface area (Å²) in [5.41, 5.74) is 6.78. The molecule has 1 saturated heterocycles. The second-order valence-electron chi connectivity index (χ2n) is 6.48. The second kappa shape index (κ2) is 6.72. The summed E-state index contributed by atoms with van der Waals surface area (Å²) in [6, 6.07) is 10.1. The Morgan fingerprint density at radius 2 is 2.09 bits per heavy atom. The summed E-state index contributed by atoms with van der Waals surface area (Å²) >= 11 is 0. The van der Waals surface area contributed by atoms with E-state index in [2.05, 4.69) is 4.90 Å². The van der Waals surface area contributed by atoms with Gasteiger partial charge in [0.15, 0.2) is 0 Å². The molecule has 5 heteroatoms. The molecule has 0 saturated carbocycles. The van der Waals surface area contributed by atoms with Crippen LogP contribution in [0.25, 0.3) is 11.0 Å². The molecule has 0 aliphatic carbocycles. The molecule has 1 unspecified atom stereocenters. The zero-order valence-corrected chi connectivity index (χ0v) is 13.9. The minimum absolute atomic E-state index is 0.0815. The maximum Gasteiger partial charge on any atom is 0.237 e. The number of hydrogen-bond acceptors (Lipinski definition) is 4. The van der Waals surface area contributed by atoms with Crippen molar-refractivity contribution in [2.45, 2.75) is 31.8 Å². The molecule has 1 amide bonds. The summed E-state index contributed by atoms with van der Waals surface area (Å²) in [6.07, 6.45) is 1.94. The van der Waals surface area contributed by atoms with Gasteiger partial charge in [-0.3, -0.25) is 9.69 Å².